The highest BCUT2D eigenvalue weighted by molar-refractivity contribution is 8.01. The summed E-state index contributed by atoms with van der Waals surface area (Å²) in [4.78, 5) is 32.4. The lowest BCUT2D eigenvalue weighted by molar-refractivity contribution is -0.135. The van der Waals surface area contributed by atoms with Gasteiger partial charge in [-0.2, -0.15) is 0 Å². The van der Waals surface area contributed by atoms with Gasteiger partial charge in [0.2, 0.25) is 11.8 Å². The van der Waals surface area contributed by atoms with Gasteiger partial charge in [-0.1, -0.05) is 36.4 Å². The number of fused-ring (bicyclic) bond motifs is 6. The minimum atomic E-state index is -0.451. The number of benzene rings is 2. The smallest absolute Gasteiger partial charge is 0.248 e. The number of carbonyl (C=O) groups excluding carboxylic acids is 2. The van der Waals surface area contributed by atoms with Crippen molar-refractivity contribution in [2.24, 2.45) is 0 Å². The number of aryl methyl sites for hydroxylation is 1. The molecule has 2 atom stereocenters. The molecule has 0 radical (unpaired) electrons. The molecule has 2 aliphatic heterocycles. The molecule has 0 aliphatic carbocycles. The van der Waals surface area contributed by atoms with Gasteiger partial charge in [0, 0.05) is 22.9 Å². The molecule has 31 heavy (non-hydrogen) atoms. The normalized spacial score (nSPS) is 23.2. The van der Waals surface area contributed by atoms with Crippen LogP contribution in [-0.2, 0) is 9.59 Å². The first-order valence-corrected chi connectivity index (χ1v) is 11.5. The summed E-state index contributed by atoms with van der Waals surface area (Å²) in [5, 5.41) is 5.18. The molecule has 0 spiro atoms. The van der Waals surface area contributed by atoms with Crippen LogP contribution in [0.5, 0.6) is 0 Å². The molecule has 156 valence electrons. The number of anilines is 1. The highest BCUT2D eigenvalue weighted by Gasteiger charge is 2.53. The number of nitrogens with zero attached hydrogens (tertiary/aromatic N) is 3. The van der Waals surface area contributed by atoms with E-state index in [2.05, 4.69) is 16.6 Å². The first-order chi connectivity index (χ1) is 15.0. The Morgan fingerprint density at radius 2 is 1.90 bits per heavy atom. The summed E-state index contributed by atoms with van der Waals surface area (Å²) >= 11 is 1.71. The summed E-state index contributed by atoms with van der Waals surface area (Å²) in [6.45, 7) is 4.06. The maximum Gasteiger partial charge on any atom is 0.248 e. The maximum absolute atomic E-state index is 13.5. The van der Waals surface area contributed by atoms with Crippen molar-refractivity contribution >= 4 is 56.6 Å². The van der Waals surface area contributed by atoms with Gasteiger partial charge < -0.3 is 10.2 Å². The first kappa shape index (κ1) is 18.7. The predicted molar refractivity (Wildman–Crippen MR) is 124 cm³/mol. The molecule has 7 heteroatoms. The number of para-hydroxylation sites is 2. The van der Waals surface area contributed by atoms with Crippen LogP contribution >= 0.6 is 11.8 Å². The van der Waals surface area contributed by atoms with E-state index in [4.69, 9.17) is 4.98 Å². The second-order valence-electron chi connectivity index (χ2n) is 8.51. The van der Waals surface area contributed by atoms with Crippen molar-refractivity contribution in [3.63, 3.8) is 0 Å². The summed E-state index contributed by atoms with van der Waals surface area (Å²) in [7, 11) is 0. The summed E-state index contributed by atoms with van der Waals surface area (Å²) in [6, 6.07) is 15.6. The van der Waals surface area contributed by atoms with Crippen LogP contribution in [0.3, 0.4) is 0 Å². The molecule has 4 heterocycles. The second kappa shape index (κ2) is 6.47. The lowest BCUT2D eigenvalue weighted by atomic mass is 10.1. The molecule has 2 unspecified atom stereocenters. The van der Waals surface area contributed by atoms with Crippen molar-refractivity contribution in [2.75, 3.05) is 11.1 Å². The van der Waals surface area contributed by atoms with E-state index in [9.17, 15) is 9.59 Å². The number of amides is 2. The molecule has 0 bridgehead atoms. The third-order valence-electron chi connectivity index (χ3n) is 6.64. The fraction of sp³-hybridized carbons (Fsp3) is 0.292. The quantitative estimate of drug-likeness (QED) is 0.514. The summed E-state index contributed by atoms with van der Waals surface area (Å²) in [5.41, 5.74) is 3.63. The number of carbonyl (C=O) groups is 2. The van der Waals surface area contributed by atoms with Gasteiger partial charge in [0.1, 0.15) is 11.9 Å². The van der Waals surface area contributed by atoms with E-state index >= 15 is 0 Å². The predicted octanol–water partition coefficient (Wildman–Crippen LogP) is 4.34. The summed E-state index contributed by atoms with van der Waals surface area (Å²) in [6.07, 6.45) is 1.31. The Morgan fingerprint density at radius 1 is 1.16 bits per heavy atom. The van der Waals surface area contributed by atoms with E-state index in [1.807, 2.05) is 55.5 Å². The molecule has 6 rings (SSSR count). The van der Waals surface area contributed by atoms with E-state index in [1.54, 1.807) is 16.7 Å². The van der Waals surface area contributed by atoms with Crippen LogP contribution in [-0.4, -0.2) is 42.8 Å². The van der Waals surface area contributed by atoms with Crippen LogP contribution in [0.25, 0.3) is 27.3 Å². The van der Waals surface area contributed by atoms with Crippen LogP contribution < -0.4 is 5.32 Å². The molecule has 2 aromatic carbocycles. The average Bonchev–Trinajstić information content (AvgIpc) is 3.38. The number of hydrogen-bond donors (Lipinski definition) is 1. The number of nitrogens with one attached hydrogen (secondary N) is 1. The molecule has 6 nitrogen and oxygen atoms in total. The fourth-order valence-electron chi connectivity index (χ4n) is 5.17. The van der Waals surface area contributed by atoms with E-state index in [0.717, 1.165) is 45.3 Å². The van der Waals surface area contributed by atoms with Crippen molar-refractivity contribution in [2.45, 2.75) is 37.6 Å². The Labute approximate surface area is 183 Å². The minimum absolute atomic E-state index is 0.0738. The average molecular weight is 431 g/mol. The monoisotopic (exact) mass is 430 g/mol. The van der Waals surface area contributed by atoms with Crippen LogP contribution in [0, 0.1) is 6.92 Å². The maximum atomic E-state index is 13.5. The van der Waals surface area contributed by atoms with Crippen molar-refractivity contribution in [3.8, 4) is 0 Å². The van der Waals surface area contributed by atoms with Gasteiger partial charge in [-0.15, -0.1) is 11.8 Å². The van der Waals surface area contributed by atoms with E-state index < -0.39 is 6.04 Å². The number of rotatable bonds is 2. The molecular weight excluding hydrogens is 408 g/mol. The van der Waals surface area contributed by atoms with E-state index in [1.165, 1.54) is 0 Å². The Balaban J connectivity index is 1.54. The molecule has 2 aliphatic rings. The van der Waals surface area contributed by atoms with Gasteiger partial charge in [-0.25, -0.2) is 4.98 Å². The van der Waals surface area contributed by atoms with Crippen molar-refractivity contribution in [3.05, 3.63) is 54.4 Å². The van der Waals surface area contributed by atoms with Crippen molar-refractivity contribution in [1.82, 2.24) is 14.3 Å². The number of thioether (sulfide) groups is 1. The van der Waals surface area contributed by atoms with Crippen LogP contribution in [0.4, 0.5) is 5.69 Å². The molecule has 2 fully saturated rings. The lowest BCUT2D eigenvalue weighted by Gasteiger charge is -2.29. The van der Waals surface area contributed by atoms with Gasteiger partial charge in [-0.05, 0) is 32.4 Å². The molecule has 2 aromatic heterocycles. The van der Waals surface area contributed by atoms with E-state index in [-0.39, 0.29) is 16.7 Å². The topological polar surface area (TPSA) is 66.7 Å². The largest absolute Gasteiger partial charge is 0.322 e. The zero-order valence-electron chi connectivity index (χ0n) is 17.4. The number of hydrogen-bond acceptors (Lipinski definition) is 4. The molecular formula is C24H22N4O2S. The second-order valence-corrected chi connectivity index (χ2v) is 10.0. The Hall–Kier alpha value is -3.06. The highest BCUT2D eigenvalue weighted by Crippen LogP contribution is 2.47. The van der Waals surface area contributed by atoms with Crippen molar-refractivity contribution < 1.29 is 9.59 Å². The molecule has 2 amide bonds. The standard InChI is InChI=1S/C24H22N4O2S/c1-14-25-17-9-5-3-7-15(17)22-21(16-8-4-6-10-18(16)27(14)22)26-23(30)19-13-31-24(2)12-11-20(29)28(19)24/h3-10,19H,11-13H2,1-2H3,(H,26,30). The molecule has 1 N–H and O–H groups in total. The SMILES string of the molecule is Cc1nc2ccccc2c2c(NC(=O)C3CSC4(C)CCC(=O)N34)c3ccccc3n12. The fourth-order valence-corrected chi connectivity index (χ4v) is 6.61. The van der Waals surface area contributed by atoms with Gasteiger partial charge in [0.25, 0.3) is 0 Å². The van der Waals surface area contributed by atoms with Crippen LogP contribution in [0.15, 0.2) is 48.5 Å². The van der Waals surface area contributed by atoms with Gasteiger partial charge >= 0.3 is 0 Å². The Kier molecular flexibility index (Phi) is 3.90. The van der Waals surface area contributed by atoms with E-state index in [0.29, 0.717) is 12.2 Å². The first-order valence-electron chi connectivity index (χ1n) is 10.5. The number of aromatic nitrogens is 2. The van der Waals surface area contributed by atoms with Gasteiger partial charge in [0.05, 0.1) is 27.1 Å². The van der Waals surface area contributed by atoms with Crippen LogP contribution in [0.2, 0.25) is 0 Å². The lowest BCUT2D eigenvalue weighted by Crippen LogP contribution is -2.48. The van der Waals surface area contributed by atoms with Crippen molar-refractivity contribution in [1.29, 1.82) is 0 Å². The highest BCUT2D eigenvalue weighted by atomic mass is 32.2. The molecule has 0 saturated carbocycles. The third kappa shape index (κ3) is 2.56. The Bertz CT molecular complexity index is 1410. The Morgan fingerprint density at radius 3 is 2.74 bits per heavy atom. The van der Waals surface area contributed by atoms with Gasteiger partial charge in [0.15, 0.2) is 0 Å². The summed E-state index contributed by atoms with van der Waals surface area (Å²) in [5.74, 6) is 1.44. The minimum Gasteiger partial charge on any atom is -0.322 e. The third-order valence-corrected chi connectivity index (χ3v) is 8.14. The zero-order chi connectivity index (χ0) is 21.3. The summed E-state index contributed by atoms with van der Waals surface area (Å²) < 4.78 is 2.11. The molecule has 2 saturated heterocycles. The molecule has 4 aromatic rings. The zero-order valence-corrected chi connectivity index (χ0v) is 18.2. The van der Waals surface area contributed by atoms with Gasteiger partial charge in [-0.3, -0.25) is 14.0 Å². The van der Waals surface area contributed by atoms with Crippen LogP contribution in [0.1, 0.15) is 25.6 Å².